The molecular weight excluding hydrogens is 184 g/mol. The van der Waals surface area contributed by atoms with Crippen LogP contribution in [0.15, 0.2) is 11.6 Å². The molecule has 1 nitrogen and oxygen atoms in total. The Morgan fingerprint density at radius 1 is 1.27 bits per heavy atom. The molecule has 0 unspecified atom stereocenters. The van der Waals surface area contributed by atoms with E-state index < -0.39 is 0 Å². The Hall–Kier alpha value is -0.300. The van der Waals surface area contributed by atoms with Crippen molar-refractivity contribution in [1.29, 1.82) is 0 Å². The molecule has 0 aliphatic heterocycles. The Bertz CT molecular complexity index is 196. The number of unbranched alkanes of at least 4 members (excludes halogenated alkanes) is 4. The molecule has 1 fully saturated rings. The lowest BCUT2D eigenvalue weighted by atomic mass is 9.83. The summed E-state index contributed by atoms with van der Waals surface area (Å²) in [4.78, 5) is 0. The second-order valence-electron chi connectivity index (χ2n) is 4.96. The topological polar surface area (TPSA) is 20.2 Å². The van der Waals surface area contributed by atoms with Crippen LogP contribution in [0.1, 0.15) is 65.2 Å². The molecule has 0 aromatic rings. The first-order valence-electron chi connectivity index (χ1n) is 6.61. The first kappa shape index (κ1) is 12.8. The van der Waals surface area contributed by atoms with Crippen molar-refractivity contribution in [3.05, 3.63) is 11.6 Å². The molecular formula is C14H26O. The maximum atomic E-state index is 9.60. The van der Waals surface area contributed by atoms with Gasteiger partial charge in [-0.25, -0.2) is 0 Å². The largest absolute Gasteiger partial charge is 0.393 e. The molecule has 1 aliphatic carbocycles. The summed E-state index contributed by atoms with van der Waals surface area (Å²) in [6, 6.07) is 0. The predicted octanol–water partition coefficient (Wildman–Crippen LogP) is 4.06. The first-order valence-corrected chi connectivity index (χ1v) is 6.61. The Balaban J connectivity index is 2.24. The fraction of sp³-hybridized carbons (Fsp3) is 0.857. The van der Waals surface area contributed by atoms with Crippen molar-refractivity contribution in [2.24, 2.45) is 5.92 Å². The fourth-order valence-corrected chi connectivity index (χ4v) is 2.35. The van der Waals surface area contributed by atoms with Gasteiger partial charge in [0.15, 0.2) is 0 Å². The minimum Gasteiger partial charge on any atom is -0.393 e. The molecule has 1 saturated carbocycles. The lowest BCUT2D eigenvalue weighted by molar-refractivity contribution is 0.138. The van der Waals surface area contributed by atoms with Gasteiger partial charge in [-0.3, -0.25) is 0 Å². The SMILES string of the molecule is CCCCCC/C=C1/C[C@H](O)CC[C@H]1C. The maximum Gasteiger partial charge on any atom is 0.0577 e. The molecule has 0 spiro atoms. The molecule has 15 heavy (non-hydrogen) atoms. The van der Waals surface area contributed by atoms with Gasteiger partial charge in [-0.1, -0.05) is 44.8 Å². The fourth-order valence-electron chi connectivity index (χ4n) is 2.35. The lowest BCUT2D eigenvalue weighted by Crippen LogP contribution is -2.19. The summed E-state index contributed by atoms with van der Waals surface area (Å²) in [6.07, 6.45) is 12.0. The average molecular weight is 210 g/mol. The minimum absolute atomic E-state index is 0.0666. The van der Waals surface area contributed by atoms with Crippen molar-refractivity contribution >= 4 is 0 Å². The summed E-state index contributed by atoms with van der Waals surface area (Å²) in [5.41, 5.74) is 1.50. The van der Waals surface area contributed by atoms with Crippen LogP contribution in [0.3, 0.4) is 0 Å². The van der Waals surface area contributed by atoms with Gasteiger partial charge in [-0.15, -0.1) is 0 Å². The van der Waals surface area contributed by atoms with Crippen LogP contribution < -0.4 is 0 Å². The van der Waals surface area contributed by atoms with E-state index in [2.05, 4.69) is 19.9 Å². The quantitative estimate of drug-likeness (QED) is 0.536. The Labute approximate surface area is 94.6 Å². The van der Waals surface area contributed by atoms with E-state index in [9.17, 15) is 5.11 Å². The van der Waals surface area contributed by atoms with E-state index in [1.807, 2.05) is 0 Å². The smallest absolute Gasteiger partial charge is 0.0577 e. The molecule has 0 amide bonds. The van der Waals surface area contributed by atoms with Crippen molar-refractivity contribution in [2.75, 3.05) is 0 Å². The van der Waals surface area contributed by atoms with Crippen LogP contribution in [0.2, 0.25) is 0 Å². The van der Waals surface area contributed by atoms with E-state index >= 15 is 0 Å². The third-order valence-corrected chi connectivity index (χ3v) is 3.50. The number of rotatable bonds is 5. The highest BCUT2D eigenvalue weighted by Crippen LogP contribution is 2.29. The number of aliphatic hydroxyl groups is 1. The van der Waals surface area contributed by atoms with Gasteiger partial charge >= 0.3 is 0 Å². The molecule has 2 atom stereocenters. The molecule has 0 saturated heterocycles. The summed E-state index contributed by atoms with van der Waals surface area (Å²) in [7, 11) is 0. The maximum absolute atomic E-state index is 9.60. The molecule has 1 N–H and O–H groups in total. The van der Waals surface area contributed by atoms with E-state index in [0.717, 1.165) is 12.8 Å². The summed E-state index contributed by atoms with van der Waals surface area (Å²) >= 11 is 0. The highest BCUT2D eigenvalue weighted by molar-refractivity contribution is 5.09. The van der Waals surface area contributed by atoms with Gasteiger partial charge in [-0.2, -0.15) is 0 Å². The second-order valence-corrected chi connectivity index (χ2v) is 4.96. The molecule has 1 aliphatic rings. The van der Waals surface area contributed by atoms with Gasteiger partial charge in [0, 0.05) is 0 Å². The molecule has 0 heterocycles. The standard InChI is InChI=1S/C14H26O/c1-3-4-5-6-7-8-13-11-14(15)10-9-12(13)2/h8,12,14-15H,3-7,9-11H2,1-2H3/b13-8-/t12-,14-/m1/s1. The van der Waals surface area contributed by atoms with Crippen molar-refractivity contribution in [3.63, 3.8) is 0 Å². The molecule has 0 radical (unpaired) electrons. The van der Waals surface area contributed by atoms with Crippen LogP contribution in [-0.4, -0.2) is 11.2 Å². The zero-order valence-electron chi connectivity index (χ0n) is 10.3. The number of hydrogen-bond donors (Lipinski definition) is 1. The zero-order valence-corrected chi connectivity index (χ0v) is 10.3. The highest BCUT2D eigenvalue weighted by atomic mass is 16.3. The van der Waals surface area contributed by atoms with Crippen LogP contribution >= 0.6 is 0 Å². The summed E-state index contributed by atoms with van der Waals surface area (Å²) in [5, 5.41) is 9.60. The Morgan fingerprint density at radius 3 is 2.80 bits per heavy atom. The van der Waals surface area contributed by atoms with Gasteiger partial charge in [0.2, 0.25) is 0 Å². The normalized spacial score (nSPS) is 29.7. The van der Waals surface area contributed by atoms with Crippen LogP contribution in [0.4, 0.5) is 0 Å². The van der Waals surface area contributed by atoms with Gasteiger partial charge in [-0.05, 0) is 38.0 Å². The monoisotopic (exact) mass is 210 g/mol. The number of hydrogen-bond acceptors (Lipinski definition) is 1. The van der Waals surface area contributed by atoms with E-state index in [-0.39, 0.29) is 6.10 Å². The summed E-state index contributed by atoms with van der Waals surface area (Å²) in [5.74, 6) is 0.708. The molecule has 0 bridgehead atoms. The number of allylic oxidation sites excluding steroid dienone is 1. The van der Waals surface area contributed by atoms with Crippen molar-refractivity contribution in [1.82, 2.24) is 0 Å². The Morgan fingerprint density at radius 2 is 2.07 bits per heavy atom. The van der Waals surface area contributed by atoms with Crippen molar-refractivity contribution < 1.29 is 5.11 Å². The lowest BCUT2D eigenvalue weighted by Gasteiger charge is -2.26. The van der Waals surface area contributed by atoms with Crippen LogP contribution in [-0.2, 0) is 0 Å². The molecule has 0 aromatic carbocycles. The Kier molecular flexibility index (Phi) is 6.00. The molecule has 0 aromatic heterocycles. The minimum atomic E-state index is -0.0666. The van der Waals surface area contributed by atoms with Crippen LogP contribution in [0.25, 0.3) is 0 Å². The van der Waals surface area contributed by atoms with Crippen molar-refractivity contribution in [3.8, 4) is 0 Å². The molecule has 1 heteroatoms. The van der Waals surface area contributed by atoms with E-state index in [4.69, 9.17) is 0 Å². The van der Waals surface area contributed by atoms with Crippen molar-refractivity contribution in [2.45, 2.75) is 71.3 Å². The predicted molar refractivity (Wildman–Crippen MR) is 65.9 cm³/mol. The van der Waals surface area contributed by atoms with Crippen LogP contribution in [0, 0.1) is 5.92 Å². The summed E-state index contributed by atoms with van der Waals surface area (Å²) in [6.45, 7) is 4.54. The zero-order chi connectivity index (χ0) is 11.1. The van der Waals surface area contributed by atoms with E-state index in [1.165, 1.54) is 44.1 Å². The molecule has 1 rings (SSSR count). The summed E-state index contributed by atoms with van der Waals surface area (Å²) < 4.78 is 0. The second kappa shape index (κ2) is 7.05. The first-order chi connectivity index (χ1) is 7.24. The van der Waals surface area contributed by atoms with Gasteiger partial charge in [0.1, 0.15) is 0 Å². The van der Waals surface area contributed by atoms with Crippen LogP contribution in [0.5, 0.6) is 0 Å². The average Bonchev–Trinajstić information content (AvgIpc) is 2.23. The number of aliphatic hydroxyl groups excluding tert-OH is 1. The van der Waals surface area contributed by atoms with Gasteiger partial charge in [0.05, 0.1) is 6.10 Å². The van der Waals surface area contributed by atoms with Gasteiger partial charge in [0.25, 0.3) is 0 Å². The van der Waals surface area contributed by atoms with E-state index in [1.54, 1.807) is 0 Å². The highest BCUT2D eigenvalue weighted by Gasteiger charge is 2.19. The molecule has 88 valence electrons. The third-order valence-electron chi connectivity index (χ3n) is 3.50. The van der Waals surface area contributed by atoms with Gasteiger partial charge < -0.3 is 5.11 Å². The van der Waals surface area contributed by atoms with E-state index in [0.29, 0.717) is 5.92 Å². The third kappa shape index (κ3) is 4.83.